The minimum Gasteiger partial charge on any atom is -0.343 e. The average molecular weight is 481 g/mol. The summed E-state index contributed by atoms with van der Waals surface area (Å²) in [6.45, 7) is 11.4. The maximum atomic E-state index is 11.4. The van der Waals surface area contributed by atoms with Crippen LogP contribution in [0.3, 0.4) is 0 Å². The van der Waals surface area contributed by atoms with E-state index in [0.717, 1.165) is 44.7 Å². The predicted molar refractivity (Wildman–Crippen MR) is 135 cm³/mol. The van der Waals surface area contributed by atoms with Crippen LogP contribution in [0.25, 0.3) is 17.0 Å². The van der Waals surface area contributed by atoms with Gasteiger partial charge in [0.2, 0.25) is 0 Å². The average Bonchev–Trinajstić information content (AvgIpc) is 3.09. The lowest BCUT2D eigenvalue weighted by molar-refractivity contribution is -0.124. The standard InChI is InChI=1S/C24H32N4O2.2ClH/c1-2-11-27-14-10-23-21(18-27)20-17-19(7-9-24(29)25-30)6-8-22(20)28(23)16-15-26-12-4-3-5-13-26;;/h2,6-9,17,30H,1,3-5,10-16,18H2,(H,25,29);2*1H/b9-7+;;. The van der Waals surface area contributed by atoms with Crippen LogP contribution >= 0.6 is 24.8 Å². The van der Waals surface area contributed by atoms with Crippen molar-refractivity contribution in [1.82, 2.24) is 19.8 Å². The highest BCUT2D eigenvalue weighted by atomic mass is 35.5. The number of carbonyl (C=O) groups excluding carboxylic acids is 1. The second-order valence-corrected chi connectivity index (χ2v) is 8.34. The number of hydroxylamine groups is 1. The fourth-order valence-corrected chi connectivity index (χ4v) is 4.85. The van der Waals surface area contributed by atoms with Crippen molar-refractivity contribution in [2.75, 3.05) is 32.7 Å². The van der Waals surface area contributed by atoms with E-state index >= 15 is 0 Å². The number of nitrogens with one attached hydrogen (secondary N) is 1. The number of fused-ring (bicyclic) bond motifs is 3. The van der Waals surface area contributed by atoms with Crippen molar-refractivity contribution in [2.45, 2.75) is 38.8 Å². The Hall–Kier alpha value is -1.83. The van der Waals surface area contributed by atoms with E-state index in [1.165, 1.54) is 60.6 Å². The molecule has 0 saturated carbocycles. The highest BCUT2D eigenvalue weighted by molar-refractivity contribution is 5.93. The van der Waals surface area contributed by atoms with Gasteiger partial charge in [-0.1, -0.05) is 18.6 Å². The molecule has 3 heterocycles. The van der Waals surface area contributed by atoms with Crippen LogP contribution in [-0.2, 0) is 24.3 Å². The highest BCUT2D eigenvalue weighted by Gasteiger charge is 2.24. The first-order valence-corrected chi connectivity index (χ1v) is 11.0. The van der Waals surface area contributed by atoms with E-state index in [4.69, 9.17) is 5.21 Å². The van der Waals surface area contributed by atoms with Gasteiger partial charge in [-0.3, -0.25) is 14.9 Å². The molecular weight excluding hydrogens is 447 g/mol. The number of likely N-dealkylation sites (tertiary alicyclic amines) is 1. The third kappa shape index (κ3) is 5.94. The number of hydrogen-bond acceptors (Lipinski definition) is 4. The Kier molecular flexibility index (Phi) is 10.3. The Morgan fingerprint density at radius 2 is 1.88 bits per heavy atom. The summed E-state index contributed by atoms with van der Waals surface area (Å²) in [5.74, 6) is -0.520. The molecule has 1 aromatic heterocycles. The SMILES string of the molecule is C=CCN1CCc2c(c3cc(/C=C/C(=O)NO)ccc3n2CCN2CCCCC2)C1.Cl.Cl. The van der Waals surface area contributed by atoms with Crippen LogP contribution in [0.15, 0.2) is 36.9 Å². The Morgan fingerprint density at radius 1 is 1.09 bits per heavy atom. The predicted octanol–water partition coefficient (Wildman–Crippen LogP) is 4.03. The summed E-state index contributed by atoms with van der Waals surface area (Å²) in [4.78, 5) is 16.4. The van der Waals surface area contributed by atoms with E-state index in [1.54, 1.807) is 11.6 Å². The van der Waals surface area contributed by atoms with E-state index < -0.39 is 5.91 Å². The number of hydrogen-bond donors (Lipinski definition) is 2. The Morgan fingerprint density at radius 3 is 2.59 bits per heavy atom. The molecule has 2 aliphatic rings. The minimum atomic E-state index is -0.520. The number of piperidine rings is 1. The van der Waals surface area contributed by atoms with E-state index in [-0.39, 0.29) is 24.8 Å². The maximum absolute atomic E-state index is 11.4. The summed E-state index contributed by atoms with van der Waals surface area (Å²) in [5.41, 5.74) is 6.74. The molecule has 32 heavy (non-hydrogen) atoms. The van der Waals surface area contributed by atoms with Crippen molar-refractivity contribution in [3.05, 3.63) is 53.8 Å². The van der Waals surface area contributed by atoms with Crippen LogP contribution in [-0.4, -0.2) is 58.2 Å². The normalized spacial score (nSPS) is 16.9. The molecular formula is C24H34Cl2N4O2. The molecule has 6 nitrogen and oxygen atoms in total. The van der Waals surface area contributed by atoms with Gasteiger partial charge in [-0.05, 0) is 55.3 Å². The molecule has 0 atom stereocenters. The van der Waals surface area contributed by atoms with Crippen molar-refractivity contribution < 1.29 is 10.0 Å². The number of amides is 1. The summed E-state index contributed by atoms with van der Waals surface area (Å²) in [6, 6.07) is 6.40. The van der Waals surface area contributed by atoms with Gasteiger partial charge < -0.3 is 9.47 Å². The van der Waals surface area contributed by atoms with E-state index in [2.05, 4.69) is 33.1 Å². The molecule has 2 N–H and O–H groups in total. The van der Waals surface area contributed by atoms with Crippen molar-refractivity contribution in [2.24, 2.45) is 0 Å². The smallest absolute Gasteiger partial charge is 0.267 e. The fraction of sp³-hybridized carbons (Fsp3) is 0.458. The first kappa shape index (κ1) is 26.4. The highest BCUT2D eigenvalue weighted by Crippen LogP contribution is 2.32. The van der Waals surface area contributed by atoms with Gasteiger partial charge in [0, 0.05) is 61.8 Å². The van der Waals surface area contributed by atoms with Crippen LogP contribution in [0.4, 0.5) is 0 Å². The Balaban J connectivity index is 0.00000181. The summed E-state index contributed by atoms with van der Waals surface area (Å²) >= 11 is 0. The zero-order valence-electron chi connectivity index (χ0n) is 18.5. The summed E-state index contributed by atoms with van der Waals surface area (Å²) < 4.78 is 2.53. The topological polar surface area (TPSA) is 60.7 Å². The molecule has 1 amide bonds. The number of aromatic nitrogens is 1. The molecule has 2 aliphatic heterocycles. The second-order valence-electron chi connectivity index (χ2n) is 8.34. The van der Waals surface area contributed by atoms with Gasteiger partial charge in [-0.15, -0.1) is 31.4 Å². The van der Waals surface area contributed by atoms with E-state index in [0.29, 0.717) is 0 Å². The molecule has 1 aromatic carbocycles. The molecule has 4 rings (SSSR count). The summed E-state index contributed by atoms with van der Waals surface area (Å²) in [7, 11) is 0. The lowest BCUT2D eigenvalue weighted by Crippen LogP contribution is -2.34. The van der Waals surface area contributed by atoms with Crippen molar-refractivity contribution in [3.8, 4) is 0 Å². The van der Waals surface area contributed by atoms with Gasteiger partial charge >= 0.3 is 0 Å². The molecule has 1 saturated heterocycles. The molecule has 0 aliphatic carbocycles. The lowest BCUT2D eigenvalue weighted by atomic mass is 10.0. The molecule has 0 radical (unpaired) electrons. The first-order valence-electron chi connectivity index (χ1n) is 11.0. The number of benzene rings is 1. The molecule has 1 fully saturated rings. The van der Waals surface area contributed by atoms with Gasteiger partial charge in [0.15, 0.2) is 0 Å². The number of nitrogens with zero attached hydrogens (tertiary/aromatic N) is 3. The van der Waals surface area contributed by atoms with Crippen molar-refractivity contribution >= 4 is 47.7 Å². The maximum Gasteiger partial charge on any atom is 0.267 e. The molecule has 0 spiro atoms. The van der Waals surface area contributed by atoms with Gasteiger partial charge in [-0.2, -0.15) is 0 Å². The monoisotopic (exact) mass is 480 g/mol. The van der Waals surface area contributed by atoms with Crippen molar-refractivity contribution in [1.29, 1.82) is 0 Å². The van der Waals surface area contributed by atoms with Gasteiger partial charge in [-0.25, -0.2) is 5.48 Å². The summed E-state index contributed by atoms with van der Waals surface area (Å²) in [6.07, 6.45) is 10.1. The number of rotatable bonds is 7. The van der Waals surface area contributed by atoms with Crippen LogP contribution in [0.2, 0.25) is 0 Å². The molecule has 2 aromatic rings. The third-order valence-electron chi connectivity index (χ3n) is 6.37. The number of halogens is 2. The summed E-state index contributed by atoms with van der Waals surface area (Å²) in [5, 5.41) is 9.99. The Labute approximate surface area is 202 Å². The van der Waals surface area contributed by atoms with Gasteiger partial charge in [0.1, 0.15) is 0 Å². The van der Waals surface area contributed by atoms with Crippen LogP contribution in [0, 0.1) is 0 Å². The lowest BCUT2D eigenvalue weighted by Gasteiger charge is -2.29. The van der Waals surface area contributed by atoms with Gasteiger partial charge in [0.05, 0.1) is 0 Å². The third-order valence-corrected chi connectivity index (χ3v) is 6.37. The van der Waals surface area contributed by atoms with E-state index in [1.807, 2.05) is 12.1 Å². The van der Waals surface area contributed by atoms with Crippen LogP contribution < -0.4 is 5.48 Å². The Bertz CT molecular complexity index is 951. The first-order chi connectivity index (χ1) is 14.7. The molecule has 0 bridgehead atoms. The minimum absolute atomic E-state index is 0. The fourth-order valence-electron chi connectivity index (χ4n) is 4.85. The van der Waals surface area contributed by atoms with Crippen molar-refractivity contribution in [3.63, 3.8) is 0 Å². The zero-order chi connectivity index (χ0) is 20.9. The van der Waals surface area contributed by atoms with E-state index in [9.17, 15) is 4.79 Å². The molecule has 0 unspecified atom stereocenters. The van der Waals surface area contributed by atoms with Crippen LogP contribution in [0.1, 0.15) is 36.1 Å². The molecule has 176 valence electrons. The van der Waals surface area contributed by atoms with Crippen LogP contribution in [0.5, 0.6) is 0 Å². The zero-order valence-corrected chi connectivity index (χ0v) is 20.1. The second kappa shape index (κ2) is 12.4. The molecule has 8 heteroatoms. The largest absolute Gasteiger partial charge is 0.343 e. The quantitative estimate of drug-likeness (QED) is 0.271. The number of carbonyl (C=O) groups is 1. The van der Waals surface area contributed by atoms with Gasteiger partial charge in [0.25, 0.3) is 5.91 Å².